The summed E-state index contributed by atoms with van der Waals surface area (Å²) in [5.41, 5.74) is 5.92. The van der Waals surface area contributed by atoms with Crippen molar-refractivity contribution in [2.24, 2.45) is 11.1 Å². The van der Waals surface area contributed by atoms with E-state index in [0.717, 1.165) is 24.2 Å². The second kappa shape index (κ2) is 15.6. The average Bonchev–Trinajstić information content (AvgIpc) is 3.41. The largest absolute Gasteiger partial charge is 0.497 e. The maximum Gasteiger partial charge on any atom is 0.451 e. The Morgan fingerprint density at radius 2 is 1.74 bits per heavy atom. The predicted octanol–water partition coefficient (Wildman–Crippen LogP) is 1.50. The molecule has 1 fully saturated rings. The maximum absolute atomic E-state index is 12.9. The van der Waals surface area contributed by atoms with E-state index < -0.39 is 28.8 Å². The average molecular weight is 563 g/mol. The van der Waals surface area contributed by atoms with Crippen LogP contribution in [0.25, 0.3) is 0 Å². The van der Waals surface area contributed by atoms with Gasteiger partial charge < -0.3 is 31.2 Å². The zero-order valence-corrected chi connectivity index (χ0v) is 22.9. The number of ether oxygens (including phenoxy) is 1. The summed E-state index contributed by atoms with van der Waals surface area (Å²) in [5.74, 6) is 0.169. The van der Waals surface area contributed by atoms with Crippen LogP contribution in [-0.2, 0) is 26.1 Å². The number of benzene rings is 2. The molecule has 13 heteroatoms. The molecule has 39 heavy (non-hydrogen) atoms. The van der Waals surface area contributed by atoms with Crippen LogP contribution in [0.2, 0.25) is 6.32 Å². The Bertz CT molecular complexity index is 1160. The number of carbonyl (C=O) groups is 2. The molecule has 2 amide bonds. The van der Waals surface area contributed by atoms with Crippen molar-refractivity contribution in [3.63, 3.8) is 0 Å². The van der Waals surface area contributed by atoms with Gasteiger partial charge in [-0.25, -0.2) is 0 Å². The van der Waals surface area contributed by atoms with Gasteiger partial charge in [-0.2, -0.15) is 8.42 Å². The minimum atomic E-state index is -4.00. The fourth-order valence-corrected chi connectivity index (χ4v) is 4.85. The molecule has 0 bridgehead atoms. The van der Waals surface area contributed by atoms with E-state index >= 15 is 0 Å². The summed E-state index contributed by atoms with van der Waals surface area (Å²) in [5, 5.41) is 23.4. The van der Waals surface area contributed by atoms with Gasteiger partial charge in [0.05, 0.1) is 18.2 Å². The van der Waals surface area contributed by atoms with Gasteiger partial charge >= 0.3 is 7.12 Å². The van der Waals surface area contributed by atoms with Gasteiger partial charge in [-0.05, 0) is 61.8 Å². The van der Waals surface area contributed by atoms with E-state index in [-0.39, 0.29) is 23.0 Å². The molecular weight excluding hydrogens is 525 g/mol. The second-order valence-electron chi connectivity index (χ2n) is 9.43. The Kier molecular flexibility index (Phi) is 12.9. The van der Waals surface area contributed by atoms with E-state index in [1.807, 2.05) is 24.3 Å². The molecule has 1 unspecified atom stereocenters. The molecule has 2 aromatic rings. The molecule has 1 saturated carbocycles. The van der Waals surface area contributed by atoms with Crippen molar-refractivity contribution in [3.8, 4) is 5.75 Å². The van der Waals surface area contributed by atoms with Gasteiger partial charge in [0.1, 0.15) is 11.2 Å². The highest BCUT2D eigenvalue weighted by Gasteiger charge is 2.48. The lowest BCUT2D eigenvalue weighted by molar-refractivity contribution is -0.143. The number of methoxy groups -OCH3 is 1. The van der Waals surface area contributed by atoms with Crippen LogP contribution in [0.4, 0.5) is 0 Å². The van der Waals surface area contributed by atoms with E-state index in [0.29, 0.717) is 38.6 Å². The molecule has 2 aromatic carbocycles. The van der Waals surface area contributed by atoms with Crippen LogP contribution in [0.5, 0.6) is 5.75 Å². The van der Waals surface area contributed by atoms with E-state index in [1.165, 1.54) is 12.1 Å². The van der Waals surface area contributed by atoms with Crippen molar-refractivity contribution < 1.29 is 37.3 Å². The first-order valence-electron chi connectivity index (χ1n) is 12.8. The van der Waals surface area contributed by atoms with Crippen LogP contribution in [0.3, 0.4) is 0 Å². The number of hydrogen-bond acceptors (Lipinski definition) is 8. The summed E-state index contributed by atoms with van der Waals surface area (Å²) in [4.78, 5) is 25.7. The molecule has 1 atom stereocenters. The summed E-state index contributed by atoms with van der Waals surface area (Å²) in [7, 11) is -3.77. The van der Waals surface area contributed by atoms with Crippen molar-refractivity contribution in [1.82, 2.24) is 10.6 Å². The molecule has 3 rings (SSSR count). The van der Waals surface area contributed by atoms with Crippen LogP contribution < -0.4 is 21.1 Å². The summed E-state index contributed by atoms with van der Waals surface area (Å²) >= 11 is 0. The Morgan fingerprint density at radius 3 is 2.31 bits per heavy atom. The van der Waals surface area contributed by atoms with Gasteiger partial charge in [0, 0.05) is 6.54 Å². The number of amides is 2. The monoisotopic (exact) mass is 563 g/mol. The van der Waals surface area contributed by atoms with Crippen LogP contribution >= 0.6 is 0 Å². The fourth-order valence-electron chi connectivity index (χ4n) is 4.34. The molecule has 214 valence electrons. The lowest BCUT2D eigenvalue weighted by Crippen LogP contribution is -2.54. The molecule has 0 aromatic heterocycles. The standard InChI is InChI=1S/C20H32BN3O5.C6H6O3S/c1-29-16-7-4-6-15(14-16)9-13-23-18(25)20(10-2-3-11-20)19(26)24-17(22)8-5-12-21(27)28;7-10(8,9)6-4-2-1-3-5-6/h4,6-7,14,17,27-28H,2-3,5,8-13,22H2,1H3,(H,23,25)(H,24,26);1-5H,(H,7,8,9). The highest BCUT2D eigenvalue weighted by Crippen LogP contribution is 2.38. The van der Waals surface area contributed by atoms with Gasteiger partial charge in [-0.15, -0.1) is 0 Å². The van der Waals surface area contributed by atoms with E-state index in [1.54, 1.807) is 25.3 Å². The van der Waals surface area contributed by atoms with Crippen LogP contribution in [0, 0.1) is 5.41 Å². The minimum Gasteiger partial charge on any atom is -0.497 e. The van der Waals surface area contributed by atoms with Crippen molar-refractivity contribution >= 4 is 29.1 Å². The normalized spacial score (nSPS) is 14.9. The predicted molar refractivity (Wildman–Crippen MR) is 147 cm³/mol. The van der Waals surface area contributed by atoms with Crippen molar-refractivity contribution in [2.45, 2.75) is 62.3 Å². The number of carbonyl (C=O) groups excluding carboxylic acids is 2. The topological polar surface area (TPSA) is 188 Å². The third-order valence-corrected chi connectivity index (χ3v) is 7.36. The van der Waals surface area contributed by atoms with E-state index in [2.05, 4.69) is 10.6 Å². The number of hydrogen-bond donors (Lipinski definition) is 6. The van der Waals surface area contributed by atoms with Crippen LogP contribution in [-0.4, -0.2) is 61.8 Å². The molecule has 0 saturated heterocycles. The van der Waals surface area contributed by atoms with E-state index in [9.17, 15) is 18.0 Å². The Labute approximate surface area is 230 Å². The van der Waals surface area contributed by atoms with Gasteiger partial charge in [0.25, 0.3) is 10.1 Å². The molecule has 0 radical (unpaired) electrons. The summed E-state index contributed by atoms with van der Waals surface area (Å²) in [6, 6.07) is 15.1. The quantitative estimate of drug-likeness (QED) is 0.0962. The number of nitrogens with one attached hydrogen (secondary N) is 2. The number of rotatable bonds is 12. The molecule has 0 spiro atoms. The SMILES string of the molecule is COc1cccc(CCNC(=O)C2(C(=O)NC(N)CCCB(O)O)CCCC2)c1.O=S(=O)(O)c1ccccc1. The first-order valence-corrected chi connectivity index (χ1v) is 14.3. The zero-order chi connectivity index (χ0) is 28.9. The Hall–Kier alpha value is -2.97. The van der Waals surface area contributed by atoms with E-state index in [4.69, 9.17) is 25.1 Å². The van der Waals surface area contributed by atoms with Gasteiger partial charge in [-0.3, -0.25) is 14.1 Å². The highest BCUT2D eigenvalue weighted by atomic mass is 32.2. The Morgan fingerprint density at radius 1 is 1.08 bits per heavy atom. The third kappa shape index (κ3) is 10.6. The first-order chi connectivity index (χ1) is 18.5. The maximum atomic E-state index is 12.9. The summed E-state index contributed by atoms with van der Waals surface area (Å²) in [6.07, 6.45) is 3.76. The number of nitrogens with two attached hydrogens (primary N) is 1. The molecule has 7 N–H and O–H groups in total. The van der Waals surface area contributed by atoms with Crippen molar-refractivity contribution in [1.29, 1.82) is 0 Å². The van der Waals surface area contributed by atoms with Gasteiger partial charge in [0.15, 0.2) is 0 Å². The molecular formula is C26H38BN3O8S. The van der Waals surface area contributed by atoms with Crippen molar-refractivity contribution in [2.75, 3.05) is 13.7 Å². The highest BCUT2D eigenvalue weighted by molar-refractivity contribution is 7.85. The van der Waals surface area contributed by atoms with Crippen LogP contribution in [0.15, 0.2) is 59.5 Å². The summed E-state index contributed by atoms with van der Waals surface area (Å²) < 4.78 is 34.4. The van der Waals surface area contributed by atoms with Gasteiger partial charge in [-0.1, -0.05) is 49.6 Å². The molecule has 0 heterocycles. The molecule has 1 aliphatic carbocycles. The molecule has 11 nitrogen and oxygen atoms in total. The fraction of sp³-hybridized carbons (Fsp3) is 0.462. The zero-order valence-electron chi connectivity index (χ0n) is 22.1. The second-order valence-corrected chi connectivity index (χ2v) is 10.8. The minimum absolute atomic E-state index is 0.0741. The smallest absolute Gasteiger partial charge is 0.451 e. The third-order valence-electron chi connectivity index (χ3n) is 6.49. The molecule has 1 aliphatic rings. The first kappa shape index (κ1) is 32.2. The lowest BCUT2D eigenvalue weighted by atomic mass is 9.82. The lowest BCUT2D eigenvalue weighted by Gasteiger charge is -2.28. The van der Waals surface area contributed by atoms with Crippen LogP contribution in [0.1, 0.15) is 44.1 Å². The summed E-state index contributed by atoms with van der Waals surface area (Å²) in [6.45, 7) is 0.432. The molecule has 0 aliphatic heterocycles. The Balaban J connectivity index is 0.000000446. The van der Waals surface area contributed by atoms with Crippen molar-refractivity contribution in [3.05, 3.63) is 60.2 Å². The van der Waals surface area contributed by atoms with Gasteiger partial charge in [0.2, 0.25) is 11.8 Å².